The molecular formula is C16H19FOS. The van der Waals surface area contributed by atoms with Crippen molar-refractivity contribution in [1.29, 1.82) is 0 Å². The summed E-state index contributed by atoms with van der Waals surface area (Å²) in [6.07, 6.45) is 5.02. The summed E-state index contributed by atoms with van der Waals surface area (Å²) in [5.74, 6) is 0.313. The molecule has 0 N–H and O–H groups in total. The van der Waals surface area contributed by atoms with Crippen molar-refractivity contribution >= 4 is 17.5 Å². The Balaban J connectivity index is 1.66. The van der Waals surface area contributed by atoms with Gasteiger partial charge in [0.2, 0.25) is 0 Å². The zero-order valence-electron chi connectivity index (χ0n) is 11.2. The van der Waals surface area contributed by atoms with Gasteiger partial charge in [-0.25, -0.2) is 4.39 Å². The molecule has 1 aromatic rings. The number of hydrogen-bond acceptors (Lipinski definition) is 2. The van der Waals surface area contributed by atoms with Crippen molar-refractivity contribution in [2.24, 2.45) is 5.92 Å². The average Bonchev–Trinajstić information content (AvgIpc) is 2.72. The van der Waals surface area contributed by atoms with Gasteiger partial charge in [0.25, 0.3) is 0 Å². The molecule has 2 heterocycles. The molecule has 3 rings (SSSR count). The van der Waals surface area contributed by atoms with Crippen molar-refractivity contribution in [2.75, 3.05) is 0 Å². The summed E-state index contributed by atoms with van der Waals surface area (Å²) in [6, 6.07) is 5.15. The fourth-order valence-electron chi connectivity index (χ4n) is 3.21. The second kappa shape index (κ2) is 5.28. The number of ketones is 1. The lowest BCUT2D eigenvalue weighted by molar-refractivity contribution is -0.122. The summed E-state index contributed by atoms with van der Waals surface area (Å²) in [5.41, 5.74) is 1.46. The van der Waals surface area contributed by atoms with E-state index in [-0.39, 0.29) is 11.7 Å². The van der Waals surface area contributed by atoms with Gasteiger partial charge in [-0.3, -0.25) is 4.79 Å². The largest absolute Gasteiger partial charge is 0.299 e. The molecule has 0 amide bonds. The highest BCUT2D eigenvalue weighted by Crippen LogP contribution is 2.46. The Bertz CT molecular complexity index is 488. The topological polar surface area (TPSA) is 17.1 Å². The van der Waals surface area contributed by atoms with Crippen molar-refractivity contribution in [1.82, 2.24) is 0 Å². The van der Waals surface area contributed by atoms with Gasteiger partial charge in [-0.05, 0) is 49.8 Å². The van der Waals surface area contributed by atoms with Gasteiger partial charge in [-0.15, -0.1) is 0 Å². The van der Waals surface area contributed by atoms with Crippen LogP contribution in [-0.4, -0.2) is 16.3 Å². The van der Waals surface area contributed by atoms with E-state index in [4.69, 9.17) is 0 Å². The maximum Gasteiger partial charge on any atom is 0.140 e. The van der Waals surface area contributed by atoms with Gasteiger partial charge in [-0.2, -0.15) is 11.8 Å². The summed E-state index contributed by atoms with van der Waals surface area (Å²) in [5, 5.41) is 1.39. The monoisotopic (exact) mass is 278 g/mol. The molecular weight excluding hydrogens is 259 g/mol. The van der Waals surface area contributed by atoms with Crippen molar-refractivity contribution in [3.05, 3.63) is 35.1 Å². The summed E-state index contributed by atoms with van der Waals surface area (Å²) >= 11 is 2.07. The molecule has 2 fully saturated rings. The number of benzene rings is 1. The predicted octanol–water partition coefficient (Wildman–Crippen LogP) is 3.92. The van der Waals surface area contributed by atoms with E-state index >= 15 is 0 Å². The lowest BCUT2D eigenvalue weighted by Crippen LogP contribution is -2.26. The molecule has 2 atom stereocenters. The van der Waals surface area contributed by atoms with E-state index < -0.39 is 0 Å². The van der Waals surface area contributed by atoms with E-state index in [1.54, 1.807) is 13.0 Å². The second-order valence-electron chi connectivity index (χ2n) is 5.85. The summed E-state index contributed by atoms with van der Waals surface area (Å²) < 4.78 is 13.5. The van der Waals surface area contributed by atoms with Crippen LogP contribution in [0, 0.1) is 18.7 Å². The van der Waals surface area contributed by atoms with Crippen LogP contribution in [0.3, 0.4) is 0 Å². The van der Waals surface area contributed by atoms with Gasteiger partial charge in [0.05, 0.1) is 0 Å². The fourth-order valence-corrected chi connectivity index (χ4v) is 4.99. The summed E-state index contributed by atoms with van der Waals surface area (Å²) in [7, 11) is 0. The Morgan fingerprint density at radius 3 is 2.63 bits per heavy atom. The van der Waals surface area contributed by atoms with E-state index in [1.165, 1.54) is 18.9 Å². The van der Waals surface area contributed by atoms with Crippen LogP contribution in [0.15, 0.2) is 18.2 Å². The number of hydrogen-bond donors (Lipinski definition) is 0. The van der Waals surface area contributed by atoms with Crippen LogP contribution in [-0.2, 0) is 11.2 Å². The van der Waals surface area contributed by atoms with Gasteiger partial charge in [0, 0.05) is 22.8 Å². The van der Waals surface area contributed by atoms with Gasteiger partial charge >= 0.3 is 0 Å². The molecule has 0 aliphatic carbocycles. The highest BCUT2D eigenvalue weighted by Gasteiger charge is 2.37. The minimum absolute atomic E-state index is 0.204. The lowest BCUT2D eigenvalue weighted by atomic mass is 9.90. The number of rotatable bonds is 3. The molecule has 19 heavy (non-hydrogen) atoms. The summed E-state index contributed by atoms with van der Waals surface area (Å²) in [6.45, 7) is 1.75. The first-order valence-corrected chi connectivity index (χ1v) is 7.99. The number of carbonyl (C=O) groups excluding carboxylic acids is 1. The number of fused-ring (bicyclic) bond motifs is 2. The average molecular weight is 278 g/mol. The zero-order chi connectivity index (χ0) is 13.4. The van der Waals surface area contributed by atoms with Crippen LogP contribution in [0.2, 0.25) is 0 Å². The molecule has 3 heteroatoms. The van der Waals surface area contributed by atoms with Crippen molar-refractivity contribution in [3.8, 4) is 0 Å². The highest BCUT2D eigenvalue weighted by molar-refractivity contribution is 8.00. The van der Waals surface area contributed by atoms with Crippen molar-refractivity contribution < 1.29 is 9.18 Å². The smallest absolute Gasteiger partial charge is 0.140 e. The molecule has 0 spiro atoms. The molecule has 2 unspecified atom stereocenters. The van der Waals surface area contributed by atoms with Gasteiger partial charge < -0.3 is 0 Å². The minimum Gasteiger partial charge on any atom is -0.299 e. The quantitative estimate of drug-likeness (QED) is 0.833. The molecule has 2 bridgehead atoms. The number of halogens is 1. The van der Waals surface area contributed by atoms with Gasteiger partial charge in [-0.1, -0.05) is 12.1 Å². The van der Waals surface area contributed by atoms with Crippen LogP contribution < -0.4 is 0 Å². The molecule has 2 aliphatic rings. The predicted molar refractivity (Wildman–Crippen MR) is 77.0 cm³/mol. The third-order valence-corrected chi connectivity index (χ3v) is 5.99. The molecule has 102 valence electrons. The number of aryl methyl sites for hydroxylation is 1. The number of Topliss-reactive ketones (excluding diaryl/α,β-unsaturated/α-hetero) is 1. The Kier molecular flexibility index (Phi) is 3.66. The lowest BCUT2D eigenvalue weighted by Gasteiger charge is -2.26. The van der Waals surface area contributed by atoms with Crippen molar-refractivity contribution in [2.45, 2.75) is 49.5 Å². The number of thioether (sulfide) groups is 1. The zero-order valence-corrected chi connectivity index (χ0v) is 12.0. The molecule has 2 aliphatic heterocycles. The van der Waals surface area contributed by atoms with E-state index in [2.05, 4.69) is 11.8 Å². The first kappa shape index (κ1) is 13.2. The van der Waals surface area contributed by atoms with Crippen LogP contribution >= 0.6 is 11.8 Å². The maximum absolute atomic E-state index is 13.5. The van der Waals surface area contributed by atoms with Crippen LogP contribution in [0.25, 0.3) is 0 Å². The van der Waals surface area contributed by atoms with Gasteiger partial charge in [0.15, 0.2) is 0 Å². The summed E-state index contributed by atoms with van der Waals surface area (Å²) in [4.78, 5) is 12.4. The highest BCUT2D eigenvalue weighted by atomic mass is 32.2. The van der Waals surface area contributed by atoms with Crippen LogP contribution in [0.4, 0.5) is 4.39 Å². The van der Waals surface area contributed by atoms with Gasteiger partial charge in [0.1, 0.15) is 11.6 Å². The van der Waals surface area contributed by atoms with E-state index in [9.17, 15) is 9.18 Å². The molecule has 0 radical (unpaired) electrons. The van der Waals surface area contributed by atoms with Crippen LogP contribution in [0.5, 0.6) is 0 Å². The van der Waals surface area contributed by atoms with E-state index in [0.717, 1.165) is 18.4 Å². The third kappa shape index (κ3) is 2.86. The maximum atomic E-state index is 13.5. The van der Waals surface area contributed by atoms with Crippen LogP contribution in [0.1, 0.15) is 36.8 Å². The first-order valence-electron chi connectivity index (χ1n) is 7.05. The molecule has 0 saturated carbocycles. The molecule has 2 saturated heterocycles. The molecule has 1 nitrogen and oxygen atoms in total. The normalized spacial score (nSPS) is 29.5. The second-order valence-corrected chi connectivity index (χ2v) is 7.46. The SMILES string of the molecule is Cc1ccc(CC(=O)C2CC3CCC(C2)S3)cc1F. The Morgan fingerprint density at radius 2 is 2.00 bits per heavy atom. The number of carbonyl (C=O) groups is 1. The third-order valence-electron chi connectivity index (χ3n) is 4.36. The Morgan fingerprint density at radius 1 is 1.32 bits per heavy atom. The first-order chi connectivity index (χ1) is 9.11. The Hall–Kier alpha value is -0.830. The molecule has 1 aromatic carbocycles. The Labute approximate surface area is 118 Å². The minimum atomic E-state index is -0.204. The van der Waals surface area contributed by atoms with E-state index in [1.807, 2.05) is 6.07 Å². The standard InChI is InChI=1S/C16H19FOS/c1-10-2-3-11(6-15(10)17)7-16(18)12-8-13-4-5-14(9-12)19-13/h2-3,6,12-14H,4-5,7-9H2,1H3. The van der Waals surface area contributed by atoms with E-state index in [0.29, 0.717) is 28.3 Å². The van der Waals surface area contributed by atoms with Crippen molar-refractivity contribution in [3.63, 3.8) is 0 Å². The molecule has 0 aromatic heterocycles. The fraction of sp³-hybridized carbons (Fsp3) is 0.562.